The SMILES string of the molecule is CC(C)OC(CN)CNc1cc(NCC(CN)OC(C)C)c([N+](=O)[O-])cn1. The summed E-state index contributed by atoms with van der Waals surface area (Å²) in [5.41, 5.74) is 11.6. The van der Waals surface area contributed by atoms with Crippen LogP contribution in [0.25, 0.3) is 0 Å². The third-order valence-electron chi connectivity index (χ3n) is 3.57. The number of nitrogens with zero attached hydrogens (tertiary/aromatic N) is 2. The third-order valence-corrected chi connectivity index (χ3v) is 3.57. The lowest BCUT2D eigenvalue weighted by Gasteiger charge is -2.21. The summed E-state index contributed by atoms with van der Waals surface area (Å²) >= 11 is 0. The minimum Gasteiger partial charge on any atom is -0.377 e. The van der Waals surface area contributed by atoms with E-state index in [1.807, 2.05) is 27.7 Å². The molecule has 2 unspecified atom stereocenters. The highest BCUT2D eigenvalue weighted by Crippen LogP contribution is 2.26. The van der Waals surface area contributed by atoms with Gasteiger partial charge in [-0.05, 0) is 27.7 Å². The first-order chi connectivity index (χ1) is 12.8. The van der Waals surface area contributed by atoms with Gasteiger partial charge in [-0.25, -0.2) is 4.98 Å². The van der Waals surface area contributed by atoms with E-state index in [2.05, 4.69) is 15.6 Å². The van der Waals surface area contributed by atoms with E-state index in [9.17, 15) is 10.1 Å². The monoisotopic (exact) mass is 384 g/mol. The maximum atomic E-state index is 11.3. The van der Waals surface area contributed by atoms with Crippen LogP contribution < -0.4 is 22.1 Å². The average molecular weight is 384 g/mol. The molecule has 0 radical (unpaired) electrons. The maximum Gasteiger partial charge on any atom is 0.310 e. The molecule has 0 aliphatic heterocycles. The average Bonchev–Trinajstić information content (AvgIpc) is 2.61. The van der Waals surface area contributed by atoms with Crippen LogP contribution in [0.4, 0.5) is 17.2 Å². The molecule has 0 fully saturated rings. The Morgan fingerprint density at radius 1 is 1.07 bits per heavy atom. The van der Waals surface area contributed by atoms with Crippen molar-refractivity contribution in [1.29, 1.82) is 0 Å². The van der Waals surface area contributed by atoms with Gasteiger partial charge in [0, 0.05) is 32.2 Å². The molecule has 0 spiro atoms. The van der Waals surface area contributed by atoms with Gasteiger partial charge < -0.3 is 31.6 Å². The zero-order valence-electron chi connectivity index (χ0n) is 16.5. The van der Waals surface area contributed by atoms with Crippen LogP contribution >= 0.6 is 0 Å². The minimum atomic E-state index is -0.482. The Kier molecular flexibility index (Phi) is 9.94. The Bertz CT molecular complexity index is 585. The zero-order valence-corrected chi connectivity index (χ0v) is 16.5. The molecule has 2 atom stereocenters. The van der Waals surface area contributed by atoms with Crippen LogP contribution in [-0.4, -0.2) is 60.5 Å². The maximum absolute atomic E-state index is 11.3. The van der Waals surface area contributed by atoms with Crippen LogP contribution in [-0.2, 0) is 9.47 Å². The van der Waals surface area contributed by atoms with Crippen LogP contribution in [0.5, 0.6) is 0 Å². The first kappa shape index (κ1) is 23.0. The fourth-order valence-corrected chi connectivity index (χ4v) is 2.42. The van der Waals surface area contributed by atoms with E-state index in [1.54, 1.807) is 6.07 Å². The number of pyridine rings is 1. The second kappa shape index (κ2) is 11.7. The van der Waals surface area contributed by atoms with Gasteiger partial charge in [-0.1, -0.05) is 0 Å². The number of hydrogen-bond acceptors (Lipinski definition) is 9. The lowest BCUT2D eigenvalue weighted by molar-refractivity contribution is -0.384. The summed E-state index contributed by atoms with van der Waals surface area (Å²) in [4.78, 5) is 14.9. The van der Waals surface area contributed by atoms with Crippen LogP contribution in [0.3, 0.4) is 0 Å². The van der Waals surface area contributed by atoms with Crippen molar-refractivity contribution in [1.82, 2.24) is 4.98 Å². The molecule has 1 aromatic heterocycles. The summed E-state index contributed by atoms with van der Waals surface area (Å²) in [5, 5.41) is 17.4. The van der Waals surface area contributed by atoms with Crippen molar-refractivity contribution in [2.45, 2.75) is 52.1 Å². The lowest BCUT2D eigenvalue weighted by atomic mass is 10.2. The van der Waals surface area contributed by atoms with Crippen molar-refractivity contribution in [3.8, 4) is 0 Å². The lowest BCUT2D eigenvalue weighted by Crippen LogP contribution is -2.34. The van der Waals surface area contributed by atoms with E-state index < -0.39 is 4.92 Å². The first-order valence-corrected chi connectivity index (χ1v) is 9.10. The standard InChI is InChI=1S/C17H32N6O4/c1-11(2)26-13(6-18)8-20-15-5-17(22-10-16(15)23(24)25)21-9-14(7-19)27-12(3)4/h5,10-14H,6-9,18-19H2,1-4H3,(H2,20,21,22). The van der Waals surface area contributed by atoms with Crippen LogP contribution in [0.2, 0.25) is 0 Å². The molecule has 0 aliphatic carbocycles. The number of anilines is 2. The first-order valence-electron chi connectivity index (χ1n) is 9.10. The van der Waals surface area contributed by atoms with Gasteiger partial charge in [-0.15, -0.1) is 0 Å². The van der Waals surface area contributed by atoms with E-state index >= 15 is 0 Å². The second-order valence-electron chi connectivity index (χ2n) is 6.69. The normalized spacial score (nSPS) is 13.6. The molecule has 1 aromatic rings. The molecular formula is C17H32N6O4. The molecule has 10 heteroatoms. The highest BCUT2D eigenvalue weighted by Gasteiger charge is 2.18. The summed E-state index contributed by atoms with van der Waals surface area (Å²) in [6.45, 7) is 9.14. The minimum absolute atomic E-state index is 0.0131. The molecular weight excluding hydrogens is 352 g/mol. The van der Waals surface area contributed by atoms with Gasteiger partial charge in [0.2, 0.25) is 0 Å². The fourth-order valence-electron chi connectivity index (χ4n) is 2.42. The smallest absolute Gasteiger partial charge is 0.310 e. The molecule has 27 heavy (non-hydrogen) atoms. The molecule has 1 rings (SSSR count). The number of hydrogen-bond donors (Lipinski definition) is 4. The summed E-state index contributed by atoms with van der Waals surface area (Å²) < 4.78 is 11.3. The van der Waals surface area contributed by atoms with Gasteiger partial charge in [0.1, 0.15) is 17.7 Å². The summed E-state index contributed by atoms with van der Waals surface area (Å²) in [5.74, 6) is 0.489. The molecule has 1 heterocycles. The van der Waals surface area contributed by atoms with Gasteiger partial charge in [-0.3, -0.25) is 10.1 Å². The van der Waals surface area contributed by atoms with Crippen molar-refractivity contribution in [2.24, 2.45) is 11.5 Å². The van der Waals surface area contributed by atoms with E-state index in [0.717, 1.165) is 0 Å². The van der Waals surface area contributed by atoms with Gasteiger partial charge in [-0.2, -0.15) is 0 Å². The molecule has 10 nitrogen and oxygen atoms in total. The van der Waals surface area contributed by atoms with E-state index in [4.69, 9.17) is 20.9 Å². The quantitative estimate of drug-likeness (QED) is 0.291. The van der Waals surface area contributed by atoms with Gasteiger partial charge in [0.25, 0.3) is 0 Å². The predicted octanol–water partition coefficient (Wildman–Crippen LogP) is 1.32. The third kappa shape index (κ3) is 8.48. The molecule has 0 amide bonds. The number of aromatic nitrogens is 1. The molecule has 154 valence electrons. The molecule has 6 N–H and O–H groups in total. The van der Waals surface area contributed by atoms with Gasteiger partial charge in [0.05, 0.1) is 29.3 Å². The molecule has 0 bridgehead atoms. The Labute approximate surface area is 160 Å². The topological polar surface area (TPSA) is 151 Å². The van der Waals surface area contributed by atoms with Crippen molar-refractivity contribution >= 4 is 17.2 Å². The Balaban J connectivity index is 2.82. The van der Waals surface area contributed by atoms with Crippen LogP contribution in [0, 0.1) is 10.1 Å². The fraction of sp³-hybridized carbons (Fsp3) is 0.706. The van der Waals surface area contributed by atoms with Gasteiger partial charge in [0.15, 0.2) is 0 Å². The van der Waals surface area contributed by atoms with Crippen molar-refractivity contribution < 1.29 is 14.4 Å². The van der Waals surface area contributed by atoms with E-state index in [1.165, 1.54) is 6.20 Å². The number of nitro groups is 1. The van der Waals surface area contributed by atoms with Gasteiger partial charge >= 0.3 is 5.69 Å². The Hall–Kier alpha value is -2.01. The highest BCUT2D eigenvalue weighted by atomic mass is 16.6. The Morgan fingerprint density at radius 2 is 1.59 bits per heavy atom. The largest absolute Gasteiger partial charge is 0.377 e. The molecule has 0 saturated carbocycles. The van der Waals surface area contributed by atoms with Crippen LogP contribution in [0.15, 0.2) is 12.3 Å². The summed E-state index contributed by atoms with van der Waals surface area (Å²) in [6, 6.07) is 1.59. The van der Waals surface area contributed by atoms with E-state index in [0.29, 0.717) is 37.7 Å². The molecule has 0 aliphatic rings. The van der Waals surface area contributed by atoms with Crippen molar-refractivity contribution in [3.63, 3.8) is 0 Å². The summed E-state index contributed by atoms with van der Waals surface area (Å²) in [7, 11) is 0. The predicted molar refractivity (Wildman–Crippen MR) is 106 cm³/mol. The number of rotatable bonds is 13. The number of nitrogens with two attached hydrogens (primary N) is 2. The van der Waals surface area contributed by atoms with Crippen LogP contribution in [0.1, 0.15) is 27.7 Å². The number of ether oxygens (including phenoxy) is 2. The van der Waals surface area contributed by atoms with Crippen molar-refractivity contribution in [3.05, 3.63) is 22.4 Å². The molecule has 0 saturated heterocycles. The molecule has 0 aromatic carbocycles. The highest BCUT2D eigenvalue weighted by molar-refractivity contribution is 5.65. The number of nitrogens with one attached hydrogen (secondary N) is 2. The zero-order chi connectivity index (χ0) is 20.4. The summed E-state index contributed by atoms with van der Waals surface area (Å²) in [6.07, 6.45) is 0.844. The Morgan fingerprint density at radius 3 is 2.04 bits per heavy atom. The second-order valence-corrected chi connectivity index (χ2v) is 6.69. The van der Waals surface area contributed by atoms with Crippen molar-refractivity contribution in [2.75, 3.05) is 36.8 Å². The van der Waals surface area contributed by atoms with E-state index in [-0.39, 0.29) is 30.1 Å².